The van der Waals surface area contributed by atoms with Crippen LogP contribution < -0.4 is 0 Å². The number of hydrogen-bond acceptors (Lipinski definition) is 2. The summed E-state index contributed by atoms with van der Waals surface area (Å²) in [6.07, 6.45) is 12.0. The van der Waals surface area contributed by atoms with Crippen molar-refractivity contribution in [3.8, 4) is 22.3 Å². The van der Waals surface area contributed by atoms with Gasteiger partial charge in [-0.3, -0.25) is 0 Å². The van der Waals surface area contributed by atoms with Gasteiger partial charge in [0.2, 0.25) is 9.84 Å². The van der Waals surface area contributed by atoms with Crippen molar-refractivity contribution in [3.05, 3.63) is 68.6 Å². The Morgan fingerprint density at radius 3 is 1.75 bits per heavy atom. The van der Waals surface area contributed by atoms with Gasteiger partial charge in [0, 0.05) is 25.5 Å². The maximum absolute atomic E-state index is 13.8. The number of unbranched alkanes of at least 4 members (excludes halogenated alkanes) is 2. The maximum Gasteiger partial charge on any atom is 0.207 e. The minimum absolute atomic E-state index is 0.131. The molecule has 0 amide bonds. The molecule has 2 aliphatic rings. The maximum atomic E-state index is 13.8. The largest absolute Gasteiger partial charge is 0.218 e. The third kappa shape index (κ3) is 5.17. The number of benzene rings is 3. The summed E-state index contributed by atoms with van der Waals surface area (Å²) >= 11 is 7.32. The zero-order valence-electron chi connectivity index (χ0n) is 24.3. The molecule has 2 nitrogen and oxygen atoms in total. The molecule has 2 unspecified atom stereocenters. The Balaban J connectivity index is 1.78. The summed E-state index contributed by atoms with van der Waals surface area (Å²) in [7, 11) is -3.58. The summed E-state index contributed by atoms with van der Waals surface area (Å²) in [5.41, 5.74) is 6.64. The standard InChI is InChI=1S/C35H42Br2O2S/c1-5-9-11-23(7-3)21-35(22-24(8-4)12-10-6-2)31-17-25(36)13-15-27(31)29-20-34-30(19-32(29)35)28-16-14-26(37)18-33(28)40(34,38)39/h13-20,23-24H,5-12,21-22H2,1-4H3. The molecule has 2 atom stereocenters. The lowest BCUT2D eigenvalue weighted by Crippen LogP contribution is -2.31. The van der Waals surface area contributed by atoms with E-state index in [2.05, 4.69) is 83.8 Å². The highest BCUT2D eigenvalue weighted by Crippen LogP contribution is 2.59. The minimum atomic E-state index is -3.58. The van der Waals surface area contributed by atoms with Crippen molar-refractivity contribution in [1.29, 1.82) is 0 Å². The molecule has 5 heteroatoms. The van der Waals surface area contributed by atoms with Gasteiger partial charge >= 0.3 is 0 Å². The highest BCUT2D eigenvalue weighted by Gasteiger charge is 2.47. The Labute approximate surface area is 258 Å². The third-order valence-electron chi connectivity index (χ3n) is 9.60. The van der Waals surface area contributed by atoms with Crippen molar-refractivity contribution in [1.82, 2.24) is 0 Å². The number of rotatable bonds is 12. The van der Waals surface area contributed by atoms with E-state index in [0.29, 0.717) is 21.6 Å². The first kappa shape index (κ1) is 30.0. The van der Waals surface area contributed by atoms with E-state index in [1.165, 1.54) is 68.1 Å². The van der Waals surface area contributed by atoms with Crippen LogP contribution in [0.1, 0.15) is 103 Å². The van der Waals surface area contributed by atoms with Crippen LogP contribution in [-0.2, 0) is 15.3 Å². The predicted molar refractivity (Wildman–Crippen MR) is 175 cm³/mol. The Morgan fingerprint density at radius 1 is 0.650 bits per heavy atom. The van der Waals surface area contributed by atoms with Gasteiger partial charge in [0.15, 0.2) is 0 Å². The topological polar surface area (TPSA) is 34.1 Å². The molecule has 0 spiro atoms. The number of fused-ring (bicyclic) bond motifs is 6. The highest BCUT2D eigenvalue weighted by molar-refractivity contribution is 9.10. The van der Waals surface area contributed by atoms with E-state index in [4.69, 9.17) is 0 Å². The lowest BCUT2D eigenvalue weighted by atomic mass is 9.65. The van der Waals surface area contributed by atoms with Gasteiger partial charge in [-0.05, 0) is 83.3 Å². The van der Waals surface area contributed by atoms with Crippen LogP contribution in [-0.4, -0.2) is 8.42 Å². The van der Waals surface area contributed by atoms with Gasteiger partial charge in [0.05, 0.1) is 9.79 Å². The number of hydrogen-bond donors (Lipinski definition) is 0. The van der Waals surface area contributed by atoms with E-state index in [9.17, 15) is 8.42 Å². The van der Waals surface area contributed by atoms with Crippen LogP contribution >= 0.6 is 31.9 Å². The number of sulfone groups is 1. The van der Waals surface area contributed by atoms with Crippen LogP contribution in [0.15, 0.2) is 67.3 Å². The summed E-state index contributed by atoms with van der Waals surface area (Å²) in [5.74, 6) is 1.25. The molecule has 214 valence electrons. The fraction of sp³-hybridized carbons (Fsp3) is 0.486. The monoisotopic (exact) mass is 684 g/mol. The fourth-order valence-corrected chi connectivity index (χ4v) is 9.97. The van der Waals surface area contributed by atoms with Crippen molar-refractivity contribution < 1.29 is 8.42 Å². The second kappa shape index (κ2) is 12.1. The first-order valence-electron chi connectivity index (χ1n) is 15.2. The lowest BCUT2D eigenvalue weighted by molar-refractivity contribution is 0.266. The van der Waals surface area contributed by atoms with Crippen molar-refractivity contribution in [2.24, 2.45) is 11.8 Å². The summed E-state index contributed by atoms with van der Waals surface area (Å²) < 4.78 is 29.5. The Hall–Kier alpha value is -1.43. The minimum Gasteiger partial charge on any atom is -0.218 e. The summed E-state index contributed by atoms with van der Waals surface area (Å²) in [6, 6.07) is 16.7. The van der Waals surface area contributed by atoms with E-state index in [1.54, 1.807) is 6.07 Å². The smallest absolute Gasteiger partial charge is 0.207 e. The van der Waals surface area contributed by atoms with Crippen LogP contribution in [0.25, 0.3) is 22.3 Å². The molecule has 0 bridgehead atoms. The van der Waals surface area contributed by atoms with Gasteiger partial charge in [-0.15, -0.1) is 0 Å². The van der Waals surface area contributed by atoms with Gasteiger partial charge in [-0.2, -0.15) is 0 Å². The molecule has 0 N–H and O–H groups in total. The molecule has 0 saturated carbocycles. The molecule has 0 fully saturated rings. The molecular weight excluding hydrogens is 644 g/mol. The Morgan fingerprint density at radius 2 is 1.18 bits per heavy atom. The fourth-order valence-electron chi connectivity index (χ4n) is 7.38. The Bertz CT molecular complexity index is 1490. The molecule has 1 aliphatic carbocycles. The van der Waals surface area contributed by atoms with Crippen LogP contribution in [0.2, 0.25) is 0 Å². The first-order valence-corrected chi connectivity index (χ1v) is 18.3. The summed E-state index contributed by atoms with van der Waals surface area (Å²) in [6.45, 7) is 9.28. The average Bonchev–Trinajstić information content (AvgIpc) is 3.32. The van der Waals surface area contributed by atoms with Crippen molar-refractivity contribution in [2.75, 3.05) is 0 Å². The van der Waals surface area contributed by atoms with Gasteiger partial charge in [0.25, 0.3) is 0 Å². The van der Waals surface area contributed by atoms with Crippen molar-refractivity contribution >= 4 is 41.7 Å². The van der Waals surface area contributed by atoms with Crippen LogP contribution in [0.5, 0.6) is 0 Å². The normalized spacial score (nSPS) is 19.6. The van der Waals surface area contributed by atoms with E-state index in [0.717, 1.165) is 38.5 Å². The second-order valence-corrected chi connectivity index (χ2v) is 15.8. The zero-order valence-corrected chi connectivity index (χ0v) is 28.3. The third-order valence-corrected chi connectivity index (χ3v) is 12.4. The van der Waals surface area contributed by atoms with Crippen LogP contribution in [0, 0.1) is 11.8 Å². The quantitative estimate of drug-likeness (QED) is 0.149. The molecule has 3 aromatic carbocycles. The molecular formula is C35H42Br2O2S. The molecule has 0 aromatic heterocycles. The van der Waals surface area contributed by atoms with E-state index in [-0.39, 0.29) is 5.41 Å². The summed E-state index contributed by atoms with van der Waals surface area (Å²) in [4.78, 5) is 0.881. The van der Waals surface area contributed by atoms with E-state index < -0.39 is 9.84 Å². The van der Waals surface area contributed by atoms with Gasteiger partial charge in [-0.1, -0.05) is 123 Å². The van der Waals surface area contributed by atoms with Crippen LogP contribution in [0.3, 0.4) is 0 Å². The SMILES string of the molecule is CCCCC(CC)CC1(CC(CC)CCCC)c2cc(Br)ccc2-c2cc3c(cc21)-c1ccc(Br)cc1S3(=O)=O. The van der Waals surface area contributed by atoms with E-state index in [1.807, 2.05) is 18.2 Å². The van der Waals surface area contributed by atoms with Crippen molar-refractivity contribution in [2.45, 2.75) is 107 Å². The molecule has 3 aromatic rings. The molecule has 5 rings (SSSR count). The molecule has 1 aliphatic heterocycles. The van der Waals surface area contributed by atoms with Gasteiger partial charge in [-0.25, -0.2) is 8.42 Å². The van der Waals surface area contributed by atoms with Gasteiger partial charge < -0.3 is 0 Å². The van der Waals surface area contributed by atoms with Gasteiger partial charge in [0.1, 0.15) is 0 Å². The predicted octanol–water partition coefficient (Wildman–Crippen LogP) is 11.5. The zero-order chi connectivity index (χ0) is 28.7. The first-order chi connectivity index (χ1) is 19.2. The average molecular weight is 687 g/mol. The molecule has 1 heterocycles. The lowest BCUT2D eigenvalue weighted by Gasteiger charge is -2.39. The number of halogens is 2. The molecule has 0 saturated heterocycles. The van der Waals surface area contributed by atoms with Crippen LogP contribution in [0.4, 0.5) is 0 Å². The summed E-state index contributed by atoms with van der Waals surface area (Å²) in [5, 5.41) is 0. The molecule has 40 heavy (non-hydrogen) atoms. The highest BCUT2D eigenvalue weighted by atomic mass is 79.9. The van der Waals surface area contributed by atoms with E-state index >= 15 is 0 Å². The second-order valence-electron chi connectivity index (χ2n) is 12.1. The molecule has 0 radical (unpaired) electrons. The Kier molecular flexibility index (Phi) is 9.05. The van der Waals surface area contributed by atoms with Crippen molar-refractivity contribution in [3.63, 3.8) is 0 Å².